The van der Waals surface area contributed by atoms with Crippen molar-refractivity contribution < 1.29 is 4.79 Å². The van der Waals surface area contributed by atoms with E-state index in [9.17, 15) is 4.79 Å². The molecule has 2 heterocycles. The van der Waals surface area contributed by atoms with E-state index in [4.69, 9.17) is 0 Å². The van der Waals surface area contributed by atoms with Crippen LogP contribution in [0.3, 0.4) is 0 Å². The molecule has 0 aliphatic carbocycles. The van der Waals surface area contributed by atoms with Crippen LogP contribution in [0.2, 0.25) is 0 Å². The van der Waals surface area contributed by atoms with Crippen LogP contribution < -0.4 is 5.32 Å². The zero-order valence-electron chi connectivity index (χ0n) is 7.32. The number of Topliss-reactive ketones (excluding diaryl/α,β-unsaturated/α-hetero) is 1. The molecule has 1 N–H and O–H groups in total. The third kappa shape index (κ3) is 1.95. The molecule has 0 bridgehead atoms. The van der Waals surface area contributed by atoms with Crippen LogP contribution in [0.5, 0.6) is 0 Å². The molecule has 1 aliphatic heterocycles. The van der Waals surface area contributed by atoms with Crippen LogP contribution in [0.1, 0.15) is 23.3 Å². The molecule has 0 saturated carbocycles. The summed E-state index contributed by atoms with van der Waals surface area (Å²) >= 11 is 1.48. The molecule has 1 aliphatic rings. The lowest BCUT2D eigenvalue weighted by atomic mass is 9.94. The first kappa shape index (κ1) is 8.84. The van der Waals surface area contributed by atoms with Crippen molar-refractivity contribution in [2.24, 2.45) is 5.92 Å². The molecule has 1 atom stereocenters. The molecule has 1 unspecified atom stereocenters. The summed E-state index contributed by atoms with van der Waals surface area (Å²) < 4.78 is 0. The standard InChI is InChI=1S/C9H12N2OS/c12-9(8-5-13-6-11-8)7-2-1-3-10-4-7/h5-7,10H,1-4H2. The average molecular weight is 196 g/mol. The fourth-order valence-electron chi connectivity index (χ4n) is 1.62. The Morgan fingerprint density at radius 2 is 2.62 bits per heavy atom. The molecule has 1 fully saturated rings. The summed E-state index contributed by atoms with van der Waals surface area (Å²) in [6.45, 7) is 1.86. The monoisotopic (exact) mass is 196 g/mol. The van der Waals surface area contributed by atoms with Gasteiger partial charge in [-0.25, -0.2) is 4.98 Å². The number of hydrogen-bond donors (Lipinski definition) is 1. The summed E-state index contributed by atoms with van der Waals surface area (Å²) in [7, 11) is 0. The van der Waals surface area contributed by atoms with Gasteiger partial charge in [0.15, 0.2) is 5.78 Å². The fourth-order valence-corrected chi connectivity index (χ4v) is 2.16. The normalized spacial score (nSPS) is 22.9. The van der Waals surface area contributed by atoms with Gasteiger partial charge in [0, 0.05) is 17.8 Å². The Morgan fingerprint density at radius 3 is 3.23 bits per heavy atom. The molecule has 13 heavy (non-hydrogen) atoms. The molecular weight excluding hydrogens is 184 g/mol. The maximum atomic E-state index is 11.8. The first-order chi connectivity index (χ1) is 6.38. The predicted molar refractivity (Wildman–Crippen MR) is 52.0 cm³/mol. The van der Waals surface area contributed by atoms with Crippen molar-refractivity contribution in [3.8, 4) is 0 Å². The SMILES string of the molecule is O=C(c1cscn1)C1CCCNC1. The third-order valence-electron chi connectivity index (χ3n) is 2.35. The Morgan fingerprint density at radius 1 is 1.69 bits per heavy atom. The van der Waals surface area contributed by atoms with Crippen molar-refractivity contribution >= 4 is 17.1 Å². The Bertz CT molecular complexity index is 278. The van der Waals surface area contributed by atoms with Gasteiger partial charge in [0.05, 0.1) is 5.51 Å². The lowest BCUT2D eigenvalue weighted by Gasteiger charge is -2.20. The van der Waals surface area contributed by atoms with Gasteiger partial charge in [-0.1, -0.05) is 0 Å². The van der Waals surface area contributed by atoms with Crippen LogP contribution >= 0.6 is 11.3 Å². The highest BCUT2D eigenvalue weighted by molar-refractivity contribution is 7.07. The van der Waals surface area contributed by atoms with E-state index in [1.165, 1.54) is 11.3 Å². The highest BCUT2D eigenvalue weighted by atomic mass is 32.1. The summed E-state index contributed by atoms with van der Waals surface area (Å²) in [5, 5.41) is 5.06. The minimum absolute atomic E-state index is 0.149. The summed E-state index contributed by atoms with van der Waals surface area (Å²) in [5.41, 5.74) is 2.35. The lowest BCUT2D eigenvalue weighted by Crippen LogP contribution is -2.34. The topological polar surface area (TPSA) is 42.0 Å². The number of thiazole rings is 1. The maximum absolute atomic E-state index is 11.8. The van der Waals surface area contributed by atoms with Gasteiger partial charge in [-0.15, -0.1) is 11.3 Å². The molecular formula is C9H12N2OS. The molecule has 1 aromatic heterocycles. The van der Waals surface area contributed by atoms with Crippen molar-refractivity contribution in [3.05, 3.63) is 16.6 Å². The van der Waals surface area contributed by atoms with E-state index in [1.54, 1.807) is 5.51 Å². The predicted octanol–water partition coefficient (Wildman–Crippen LogP) is 1.33. The van der Waals surface area contributed by atoms with Gasteiger partial charge in [0.25, 0.3) is 0 Å². The molecule has 0 amide bonds. The van der Waals surface area contributed by atoms with E-state index in [2.05, 4.69) is 10.3 Å². The molecule has 70 valence electrons. The number of piperidine rings is 1. The minimum Gasteiger partial charge on any atom is -0.316 e. The lowest BCUT2D eigenvalue weighted by molar-refractivity contribution is 0.0895. The van der Waals surface area contributed by atoms with Crippen molar-refractivity contribution in [2.45, 2.75) is 12.8 Å². The highest BCUT2D eigenvalue weighted by Gasteiger charge is 2.22. The zero-order valence-corrected chi connectivity index (χ0v) is 8.14. The number of nitrogens with one attached hydrogen (secondary N) is 1. The summed E-state index contributed by atoms with van der Waals surface area (Å²) in [4.78, 5) is 15.8. The van der Waals surface area contributed by atoms with E-state index in [0.29, 0.717) is 5.69 Å². The highest BCUT2D eigenvalue weighted by Crippen LogP contribution is 2.16. The first-order valence-corrected chi connectivity index (χ1v) is 5.45. The smallest absolute Gasteiger partial charge is 0.186 e. The van der Waals surface area contributed by atoms with E-state index in [1.807, 2.05) is 5.38 Å². The van der Waals surface area contributed by atoms with Crippen molar-refractivity contribution in [3.63, 3.8) is 0 Å². The quantitative estimate of drug-likeness (QED) is 0.725. The average Bonchev–Trinajstić information content (AvgIpc) is 2.71. The molecule has 1 aromatic rings. The molecule has 0 aromatic carbocycles. The second kappa shape index (κ2) is 3.98. The van der Waals surface area contributed by atoms with Crippen LogP contribution in [0.15, 0.2) is 10.9 Å². The van der Waals surface area contributed by atoms with Gasteiger partial charge < -0.3 is 5.32 Å². The Hall–Kier alpha value is -0.740. The van der Waals surface area contributed by atoms with Crippen molar-refractivity contribution in [2.75, 3.05) is 13.1 Å². The minimum atomic E-state index is 0.149. The van der Waals surface area contributed by atoms with Crippen molar-refractivity contribution in [1.29, 1.82) is 0 Å². The number of ketones is 1. The van der Waals surface area contributed by atoms with Crippen LogP contribution in [0.25, 0.3) is 0 Å². The third-order valence-corrected chi connectivity index (χ3v) is 2.94. The largest absolute Gasteiger partial charge is 0.316 e. The van der Waals surface area contributed by atoms with Gasteiger partial charge >= 0.3 is 0 Å². The summed E-state index contributed by atoms with van der Waals surface area (Å²) in [6, 6.07) is 0. The van der Waals surface area contributed by atoms with Crippen LogP contribution in [-0.2, 0) is 0 Å². The van der Waals surface area contributed by atoms with Crippen LogP contribution in [0.4, 0.5) is 0 Å². The van der Waals surface area contributed by atoms with Gasteiger partial charge in [-0.05, 0) is 19.4 Å². The zero-order chi connectivity index (χ0) is 9.10. The molecule has 4 heteroatoms. The second-order valence-electron chi connectivity index (χ2n) is 3.28. The molecule has 0 spiro atoms. The van der Waals surface area contributed by atoms with Gasteiger partial charge in [0.1, 0.15) is 5.69 Å². The molecule has 1 saturated heterocycles. The Kier molecular flexibility index (Phi) is 2.71. The Labute approximate surface area is 81.2 Å². The number of carbonyl (C=O) groups excluding carboxylic acids is 1. The number of aromatic nitrogens is 1. The van der Waals surface area contributed by atoms with Gasteiger partial charge in [-0.2, -0.15) is 0 Å². The Balaban J connectivity index is 2.04. The maximum Gasteiger partial charge on any atom is 0.186 e. The number of rotatable bonds is 2. The fraction of sp³-hybridized carbons (Fsp3) is 0.556. The molecule has 3 nitrogen and oxygen atoms in total. The van der Waals surface area contributed by atoms with Gasteiger partial charge in [-0.3, -0.25) is 4.79 Å². The number of nitrogens with zero attached hydrogens (tertiary/aromatic N) is 1. The second-order valence-corrected chi connectivity index (χ2v) is 4.00. The number of carbonyl (C=O) groups is 1. The van der Waals surface area contributed by atoms with E-state index >= 15 is 0 Å². The number of hydrogen-bond acceptors (Lipinski definition) is 4. The molecule has 2 rings (SSSR count). The van der Waals surface area contributed by atoms with Crippen molar-refractivity contribution in [1.82, 2.24) is 10.3 Å². The first-order valence-electron chi connectivity index (χ1n) is 4.51. The van der Waals surface area contributed by atoms with E-state index in [0.717, 1.165) is 25.9 Å². The van der Waals surface area contributed by atoms with Gasteiger partial charge in [0.2, 0.25) is 0 Å². The van der Waals surface area contributed by atoms with E-state index < -0.39 is 0 Å². The van der Waals surface area contributed by atoms with Crippen LogP contribution in [-0.4, -0.2) is 23.9 Å². The summed E-state index contributed by atoms with van der Waals surface area (Å²) in [5.74, 6) is 0.351. The van der Waals surface area contributed by atoms with Crippen LogP contribution in [0, 0.1) is 5.92 Å². The summed E-state index contributed by atoms with van der Waals surface area (Å²) in [6.07, 6.45) is 2.10. The molecule has 0 radical (unpaired) electrons. The van der Waals surface area contributed by atoms with E-state index in [-0.39, 0.29) is 11.7 Å².